The van der Waals surface area contributed by atoms with Crippen LogP contribution < -0.4 is 0 Å². The third-order valence-electron chi connectivity index (χ3n) is 3.56. The van der Waals surface area contributed by atoms with Crippen molar-refractivity contribution < 1.29 is 0 Å². The molecule has 0 amide bonds. The number of rotatable bonds is 2. The van der Waals surface area contributed by atoms with Crippen LogP contribution in [-0.4, -0.2) is 14.6 Å². The highest BCUT2D eigenvalue weighted by molar-refractivity contribution is 7.19. The van der Waals surface area contributed by atoms with Crippen molar-refractivity contribution in [3.05, 3.63) is 65.3 Å². The van der Waals surface area contributed by atoms with Gasteiger partial charge in [0.1, 0.15) is 5.01 Å². The van der Waals surface area contributed by atoms with Gasteiger partial charge in [0.15, 0.2) is 0 Å². The van der Waals surface area contributed by atoms with Crippen molar-refractivity contribution in [1.29, 1.82) is 0 Å². The van der Waals surface area contributed by atoms with Gasteiger partial charge in [-0.2, -0.15) is 5.10 Å². The van der Waals surface area contributed by atoms with E-state index >= 15 is 0 Å². The van der Waals surface area contributed by atoms with E-state index in [1.807, 2.05) is 47.1 Å². The van der Waals surface area contributed by atoms with Gasteiger partial charge in [-0.05, 0) is 24.6 Å². The highest BCUT2D eigenvalue weighted by Crippen LogP contribution is 2.30. The zero-order valence-corrected chi connectivity index (χ0v) is 13.4. The van der Waals surface area contributed by atoms with E-state index in [0.29, 0.717) is 0 Å². The number of hydrogen-bond acceptors (Lipinski definition) is 3. The van der Waals surface area contributed by atoms with Crippen LogP contribution in [0.15, 0.2) is 54.7 Å². The van der Waals surface area contributed by atoms with Gasteiger partial charge in [0.05, 0.1) is 11.9 Å². The second-order valence-corrected chi connectivity index (χ2v) is 6.47. The van der Waals surface area contributed by atoms with Crippen LogP contribution in [0.4, 0.5) is 0 Å². The molecule has 4 rings (SSSR count). The lowest BCUT2D eigenvalue weighted by Gasteiger charge is -1.99. The average Bonchev–Trinajstić information content (AvgIpc) is 3.07. The largest absolute Gasteiger partial charge is 0.217 e. The van der Waals surface area contributed by atoms with Gasteiger partial charge in [-0.25, -0.2) is 9.50 Å². The Morgan fingerprint density at radius 2 is 1.82 bits per heavy atom. The van der Waals surface area contributed by atoms with Crippen molar-refractivity contribution in [3.63, 3.8) is 0 Å². The molecule has 3 nitrogen and oxygen atoms in total. The summed E-state index contributed by atoms with van der Waals surface area (Å²) in [5, 5.41) is 6.37. The Hall–Kier alpha value is -2.17. The van der Waals surface area contributed by atoms with Crippen molar-refractivity contribution >= 4 is 27.9 Å². The third kappa shape index (κ3) is 2.30. The minimum Gasteiger partial charge on any atom is -0.217 e. The van der Waals surface area contributed by atoms with Gasteiger partial charge < -0.3 is 0 Å². The van der Waals surface area contributed by atoms with Crippen molar-refractivity contribution in [1.82, 2.24) is 14.6 Å². The fraction of sp³-hybridized carbons (Fsp3) is 0.0588. The number of aryl methyl sites for hydroxylation is 1. The van der Waals surface area contributed by atoms with E-state index in [1.165, 1.54) is 5.56 Å². The molecule has 5 heteroatoms. The molecule has 4 aromatic rings. The molecular formula is C17H12ClN3S. The average molecular weight is 326 g/mol. The first-order valence-electron chi connectivity index (χ1n) is 6.89. The molecule has 0 aliphatic carbocycles. The first-order chi connectivity index (χ1) is 10.7. The molecule has 108 valence electrons. The molecule has 0 unspecified atom stereocenters. The lowest BCUT2D eigenvalue weighted by molar-refractivity contribution is 0.978. The van der Waals surface area contributed by atoms with Crippen LogP contribution in [0.1, 0.15) is 5.56 Å². The second kappa shape index (κ2) is 5.23. The predicted octanol–water partition coefficient (Wildman–Crippen LogP) is 5.09. The van der Waals surface area contributed by atoms with Gasteiger partial charge >= 0.3 is 0 Å². The van der Waals surface area contributed by atoms with E-state index in [9.17, 15) is 0 Å². The topological polar surface area (TPSA) is 30.2 Å². The normalized spacial score (nSPS) is 11.2. The maximum Gasteiger partial charge on any atom is 0.213 e. The van der Waals surface area contributed by atoms with Gasteiger partial charge in [-0.1, -0.05) is 59.3 Å². The number of halogens is 1. The smallest absolute Gasteiger partial charge is 0.213 e. The number of imidazole rings is 1. The third-order valence-corrected chi connectivity index (χ3v) is 4.77. The summed E-state index contributed by atoms with van der Waals surface area (Å²) in [5.74, 6) is 0. The lowest BCUT2D eigenvalue weighted by Crippen LogP contribution is -1.85. The molecule has 2 aromatic carbocycles. The Morgan fingerprint density at radius 3 is 2.55 bits per heavy atom. The van der Waals surface area contributed by atoms with Crippen LogP contribution >= 0.6 is 22.9 Å². The summed E-state index contributed by atoms with van der Waals surface area (Å²) in [6, 6.07) is 15.9. The van der Waals surface area contributed by atoms with Crippen LogP contribution in [0.25, 0.3) is 26.8 Å². The van der Waals surface area contributed by atoms with Crippen molar-refractivity contribution in [2.75, 3.05) is 0 Å². The number of hydrogen-bond donors (Lipinski definition) is 0. The highest BCUT2D eigenvalue weighted by atomic mass is 35.5. The molecule has 0 spiro atoms. The molecule has 0 bridgehead atoms. The molecule has 0 aliphatic heterocycles. The van der Waals surface area contributed by atoms with E-state index in [2.05, 4.69) is 29.1 Å². The van der Waals surface area contributed by atoms with Crippen molar-refractivity contribution in [2.45, 2.75) is 6.92 Å². The molecule has 0 radical (unpaired) electrons. The van der Waals surface area contributed by atoms with Crippen molar-refractivity contribution in [2.24, 2.45) is 0 Å². The zero-order valence-electron chi connectivity index (χ0n) is 11.8. The maximum absolute atomic E-state index is 5.92. The number of fused-ring (bicyclic) bond motifs is 1. The minimum absolute atomic E-state index is 0.727. The van der Waals surface area contributed by atoms with Gasteiger partial charge in [0.2, 0.25) is 4.96 Å². The van der Waals surface area contributed by atoms with Crippen LogP contribution in [0.5, 0.6) is 0 Å². The van der Waals surface area contributed by atoms with Gasteiger partial charge in [0.25, 0.3) is 0 Å². The molecular weight excluding hydrogens is 314 g/mol. The molecule has 0 saturated heterocycles. The maximum atomic E-state index is 5.92. The molecule has 0 fully saturated rings. The molecule has 0 saturated carbocycles. The quantitative estimate of drug-likeness (QED) is 0.514. The summed E-state index contributed by atoms with van der Waals surface area (Å²) in [6.07, 6.45) is 1.96. The van der Waals surface area contributed by atoms with E-state index in [4.69, 9.17) is 11.6 Å². The summed E-state index contributed by atoms with van der Waals surface area (Å²) in [6.45, 7) is 2.10. The van der Waals surface area contributed by atoms with Crippen LogP contribution in [0, 0.1) is 6.92 Å². The Bertz CT molecular complexity index is 922. The van der Waals surface area contributed by atoms with E-state index in [-0.39, 0.29) is 0 Å². The molecule has 0 atom stereocenters. The molecule has 2 aromatic heterocycles. The van der Waals surface area contributed by atoms with Crippen LogP contribution in [-0.2, 0) is 0 Å². The number of aromatic nitrogens is 3. The fourth-order valence-electron chi connectivity index (χ4n) is 2.38. The predicted molar refractivity (Wildman–Crippen MR) is 91.5 cm³/mol. The summed E-state index contributed by atoms with van der Waals surface area (Å²) < 4.78 is 1.84. The van der Waals surface area contributed by atoms with E-state index in [0.717, 1.165) is 31.8 Å². The monoisotopic (exact) mass is 325 g/mol. The number of nitrogens with zero attached hydrogens (tertiary/aromatic N) is 3. The van der Waals surface area contributed by atoms with Crippen molar-refractivity contribution in [3.8, 4) is 21.8 Å². The van der Waals surface area contributed by atoms with Gasteiger partial charge in [-0.15, -0.1) is 0 Å². The Labute approximate surface area is 136 Å². The summed E-state index contributed by atoms with van der Waals surface area (Å²) in [4.78, 5) is 5.56. The standard InChI is InChI=1S/C17H12ClN3S/c1-11-4-2-3-5-14(11)16-20-21-10-15(19-17(21)22-16)12-6-8-13(18)9-7-12/h2-10H,1H3. The Kier molecular flexibility index (Phi) is 3.21. The Morgan fingerprint density at radius 1 is 1.05 bits per heavy atom. The SMILES string of the molecule is Cc1ccccc1-c1nn2cc(-c3ccc(Cl)cc3)nc2s1. The van der Waals surface area contributed by atoms with E-state index < -0.39 is 0 Å². The summed E-state index contributed by atoms with van der Waals surface area (Å²) in [5.41, 5.74) is 4.33. The summed E-state index contributed by atoms with van der Waals surface area (Å²) in [7, 11) is 0. The highest BCUT2D eigenvalue weighted by Gasteiger charge is 2.12. The minimum atomic E-state index is 0.727. The molecule has 22 heavy (non-hydrogen) atoms. The van der Waals surface area contributed by atoms with Gasteiger partial charge in [-0.3, -0.25) is 0 Å². The zero-order chi connectivity index (χ0) is 15.1. The second-order valence-electron chi connectivity index (χ2n) is 5.08. The summed E-state index contributed by atoms with van der Waals surface area (Å²) >= 11 is 7.52. The fourth-order valence-corrected chi connectivity index (χ4v) is 3.48. The first kappa shape index (κ1) is 13.5. The molecule has 2 heterocycles. The van der Waals surface area contributed by atoms with E-state index in [1.54, 1.807) is 11.3 Å². The van der Waals surface area contributed by atoms with Crippen LogP contribution in [0.3, 0.4) is 0 Å². The number of benzene rings is 2. The van der Waals surface area contributed by atoms with Crippen LogP contribution in [0.2, 0.25) is 5.02 Å². The van der Waals surface area contributed by atoms with Gasteiger partial charge in [0, 0.05) is 16.1 Å². The Balaban J connectivity index is 1.77. The first-order valence-corrected chi connectivity index (χ1v) is 8.08. The molecule has 0 N–H and O–H groups in total. The lowest BCUT2D eigenvalue weighted by atomic mass is 10.1. The molecule has 0 aliphatic rings.